The molecule has 0 aromatic heterocycles. The number of rotatable bonds is 7. The molecule has 0 amide bonds. The van der Waals surface area contributed by atoms with Crippen molar-refractivity contribution in [2.24, 2.45) is 0 Å². The third-order valence-corrected chi connectivity index (χ3v) is 4.59. The summed E-state index contributed by atoms with van der Waals surface area (Å²) in [6, 6.07) is 20.9. The van der Waals surface area contributed by atoms with Crippen LogP contribution in [0.15, 0.2) is 77.3 Å². The lowest BCUT2D eigenvalue weighted by molar-refractivity contribution is 0.0696. The highest BCUT2D eigenvalue weighted by molar-refractivity contribution is 9.10. The van der Waals surface area contributed by atoms with Gasteiger partial charge in [0, 0.05) is 6.42 Å². The molecule has 3 aromatic rings. The predicted octanol–water partition coefficient (Wildman–Crippen LogP) is 4.99. The highest BCUT2D eigenvalue weighted by atomic mass is 79.9. The Morgan fingerprint density at radius 3 is 2.21 bits per heavy atom. The van der Waals surface area contributed by atoms with E-state index in [-0.39, 0.29) is 11.3 Å². The Hall–Kier alpha value is -3.12. The average Bonchev–Trinajstić information content (AvgIpc) is 2.70. The molecule has 0 heterocycles. The summed E-state index contributed by atoms with van der Waals surface area (Å²) < 4.78 is 11.4. The highest BCUT2D eigenvalue weighted by Gasteiger charge is 2.13. The van der Waals surface area contributed by atoms with Gasteiger partial charge in [0.05, 0.1) is 22.2 Å². The van der Waals surface area contributed by atoms with Gasteiger partial charge in [-0.05, 0) is 64.0 Å². The van der Waals surface area contributed by atoms with E-state index in [1.165, 1.54) is 23.8 Å². The molecule has 0 fully saturated rings. The third-order valence-electron chi connectivity index (χ3n) is 3.97. The number of esters is 1. The van der Waals surface area contributed by atoms with Gasteiger partial charge >= 0.3 is 11.9 Å². The third kappa shape index (κ3) is 5.20. The molecule has 0 radical (unpaired) electrons. The Bertz CT molecular complexity index is 968. The van der Waals surface area contributed by atoms with E-state index >= 15 is 0 Å². The van der Waals surface area contributed by atoms with Gasteiger partial charge in [0.1, 0.15) is 11.5 Å². The minimum Gasteiger partial charge on any atom is -0.493 e. The van der Waals surface area contributed by atoms with E-state index in [9.17, 15) is 9.59 Å². The van der Waals surface area contributed by atoms with Crippen molar-refractivity contribution in [2.75, 3.05) is 6.61 Å². The molecule has 0 aliphatic rings. The minimum absolute atomic E-state index is 0.101. The fourth-order valence-corrected chi connectivity index (χ4v) is 2.95. The number of aromatic carboxylic acids is 1. The summed E-state index contributed by atoms with van der Waals surface area (Å²) in [5, 5.41) is 8.97. The number of carboxylic acids is 1. The van der Waals surface area contributed by atoms with Crippen molar-refractivity contribution in [1.82, 2.24) is 0 Å². The highest BCUT2D eigenvalue weighted by Crippen LogP contribution is 2.27. The lowest BCUT2D eigenvalue weighted by Gasteiger charge is -2.09. The summed E-state index contributed by atoms with van der Waals surface area (Å²) in [5.74, 6) is -0.682. The van der Waals surface area contributed by atoms with Crippen LogP contribution in [0.1, 0.15) is 26.3 Å². The number of halogens is 1. The molecule has 6 heteroatoms. The average molecular weight is 441 g/mol. The number of benzene rings is 3. The van der Waals surface area contributed by atoms with Gasteiger partial charge in [0.25, 0.3) is 0 Å². The first-order valence-electron chi connectivity index (χ1n) is 8.55. The van der Waals surface area contributed by atoms with Gasteiger partial charge in [-0.2, -0.15) is 0 Å². The first-order valence-corrected chi connectivity index (χ1v) is 9.34. The monoisotopic (exact) mass is 440 g/mol. The molecule has 0 aliphatic heterocycles. The number of carbonyl (C=O) groups excluding carboxylic acids is 1. The van der Waals surface area contributed by atoms with Crippen LogP contribution in [0.2, 0.25) is 0 Å². The molecule has 1 N–H and O–H groups in total. The van der Waals surface area contributed by atoms with Gasteiger partial charge in [-0.1, -0.05) is 30.3 Å². The quantitative estimate of drug-likeness (QED) is 0.413. The molecule has 0 aliphatic carbocycles. The van der Waals surface area contributed by atoms with Crippen molar-refractivity contribution in [3.05, 3.63) is 94.0 Å². The number of hydrogen-bond donors (Lipinski definition) is 1. The number of carbonyl (C=O) groups is 2. The van der Waals surface area contributed by atoms with Crippen LogP contribution in [-0.4, -0.2) is 23.7 Å². The van der Waals surface area contributed by atoms with Gasteiger partial charge in [-0.15, -0.1) is 0 Å². The number of hydrogen-bond acceptors (Lipinski definition) is 4. The second-order valence-corrected chi connectivity index (χ2v) is 6.80. The Kier molecular flexibility index (Phi) is 6.45. The SMILES string of the molecule is O=C(O)c1ccc(OC(=O)c2ccc(OCCc3ccccc3)cc2)c(Br)c1. The molecule has 0 saturated heterocycles. The largest absolute Gasteiger partial charge is 0.493 e. The first-order chi connectivity index (χ1) is 13.5. The second-order valence-electron chi connectivity index (χ2n) is 5.95. The van der Waals surface area contributed by atoms with E-state index in [4.69, 9.17) is 14.6 Å². The summed E-state index contributed by atoms with van der Waals surface area (Å²) in [4.78, 5) is 23.3. The lowest BCUT2D eigenvalue weighted by Crippen LogP contribution is -2.09. The summed E-state index contributed by atoms with van der Waals surface area (Å²) in [6.07, 6.45) is 0.797. The van der Waals surface area contributed by atoms with Crippen LogP contribution in [0.5, 0.6) is 11.5 Å². The van der Waals surface area contributed by atoms with Crippen molar-refractivity contribution in [1.29, 1.82) is 0 Å². The topological polar surface area (TPSA) is 72.8 Å². The van der Waals surface area contributed by atoms with E-state index in [0.717, 1.165) is 6.42 Å². The first kappa shape index (κ1) is 19.6. The lowest BCUT2D eigenvalue weighted by atomic mass is 10.2. The van der Waals surface area contributed by atoms with Crippen molar-refractivity contribution >= 4 is 27.9 Å². The van der Waals surface area contributed by atoms with Crippen molar-refractivity contribution in [2.45, 2.75) is 6.42 Å². The van der Waals surface area contributed by atoms with Gasteiger partial charge in [0.2, 0.25) is 0 Å². The molecule has 0 saturated carbocycles. The van der Waals surface area contributed by atoms with Crippen LogP contribution in [0, 0.1) is 0 Å². The van der Waals surface area contributed by atoms with Crippen molar-refractivity contribution in [3.8, 4) is 11.5 Å². The van der Waals surface area contributed by atoms with Crippen molar-refractivity contribution < 1.29 is 24.2 Å². The standard InChI is InChI=1S/C22H17BrO5/c23-19-14-17(21(24)25)8-11-20(19)28-22(26)16-6-9-18(10-7-16)27-13-12-15-4-2-1-3-5-15/h1-11,14H,12-13H2,(H,24,25). The molecule has 0 unspecified atom stereocenters. The summed E-state index contributed by atoms with van der Waals surface area (Å²) in [5.41, 5.74) is 1.66. The zero-order valence-corrected chi connectivity index (χ0v) is 16.4. The molecule has 0 bridgehead atoms. The van der Waals surface area contributed by atoms with E-state index in [1.54, 1.807) is 24.3 Å². The normalized spacial score (nSPS) is 10.3. The van der Waals surface area contributed by atoms with Crippen LogP contribution in [0.4, 0.5) is 0 Å². The maximum absolute atomic E-state index is 12.3. The molecule has 0 spiro atoms. The molecule has 3 aromatic carbocycles. The van der Waals surface area contributed by atoms with E-state index in [2.05, 4.69) is 15.9 Å². The zero-order chi connectivity index (χ0) is 19.9. The van der Waals surface area contributed by atoms with Crippen LogP contribution >= 0.6 is 15.9 Å². The molecule has 0 atom stereocenters. The molecule has 5 nitrogen and oxygen atoms in total. The predicted molar refractivity (Wildman–Crippen MR) is 108 cm³/mol. The van der Waals surface area contributed by atoms with E-state index < -0.39 is 11.9 Å². The maximum Gasteiger partial charge on any atom is 0.343 e. The maximum atomic E-state index is 12.3. The van der Waals surface area contributed by atoms with Crippen LogP contribution in [-0.2, 0) is 6.42 Å². The van der Waals surface area contributed by atoms with Crippen molar-refractivity contribution in [3.63, 3.8) is 0 Å². The molecule has 28 heavy (non-hydrogen) atoms. The van der Waals surface area contributed by atoms with E-state index in [1.807, 2.05) is 30.3 Å². The van der Waals surface area contributed by atoms with Crippen LogP contribution < -0.4 is 9.47 Å². The van der Waals surface area contributed by atoms with Crippen LogP contribution in [0.25, 0.3) is 0 Å². The second kappa shape index (κ2) is 9.19. The molecular formula is C22H17BrO5. The Morgan fingerprint density at radius 2 is 1.57 bits per heavy atom. The Balaban J connectivity index is 1.57. The smallest absolute Gasteiger partial charge is 0.343 e. The van der Waals surface area contributed by atoms with Gasteiger partial charge < -0.3 is 14.6 Å². The summed E-state index contributed by atoms with van der Waals surface area (Å²) in [6.45, 7) is 0.538. The van der Waals surface area contributed by atoms with Gasteiger partial charge in [0.15, 0.2) is 0 Å². The van der Waals surface area contributed by atoms with Crippen LogP contribution in [0.3, 0.4) is 0 Å². The minimum atomic E-state index is -1.05. The zero-order valence-electron chi connectivity index (χ0n) is 14.8. The van der Waals surface area contributed by atoms with Gasteiger partial charge in [-0.3, -0.25) is 0 Å². The Morgan fingerprint density at radius 1 is 0.893 bits per heavy atom. The van der Waals surface area contributed by atoms with E-state index in [0.29, 0.717) is 22.4 Å². The number of carboxylic acid groups (broad SMARTS) is 1. The molecular weight excluding hydrogens is 424 g/mol. The summed E-state index contributed by atoms with van der Waals surface area (Å²) in [7, 11) is 0. The fraction of sp³-hybridized carbons (Fsp3) is 0.0909. The molecule has 142 valence electrons. The Labute approximate surface area is 170 Å². The number of ether oxygens (including phenoxy) is 2. The van der Waals surface area contributed by atoms with Gasteiger partial charge in [-0.25, -0.2) is 9.59 Å². The fourth-order valence-electron chi connectivity index (χ4n) is 2.49. The molecule has 3 rings (SSSR count). The summed E-state index contributed by atoms with van der Waals surface area (Å²) >= 11 is 3.22.